The van der Waals surface area contributed by atoms with Gasteiger partial charge in [-0.1, -0.05) is 20.8 Å². The molecule has 3 aromatic rings. The quantitative estimate of drug-likeness (QED) is 0.672. The summed E-state index contributed by atoms with van der Waals surface area (Å²) in [7, 11) is 0. The van der Waals surface area contributed by atoms with Crippen molar-refractivity contribution in [2.75, 3.05) is 0 Å². The maximum atomic E-state index is 13.1. The van der Waals surface area contributed by atoms with Gasteiger partial charge in [-0.05, 0) is 42.7 Å². The third-order valence-corrected chi connectivity index (χ3v) is 3.49. The van der Waals surface area contributed by atoms with Crippen LogP contribution in [0, 0.1) is 12.7 Å². The van der Waals surface area contributed by atoms with Crippen molar-refractivity contribution >= 4 is 5.65 Å². The Bertz CT molecular complexity index is 795. The SMILES string of the molecule is Cc1cn2nc(-c3ccc(F)cc3)cc(C(C)(C)C)c2n1. The molecule has 1 aromatic carbocycles. The second kappa shape index (κ2) is 4.65. The predicted octanol–water partition coefficient (Wildman–Crippen LogP) is 4.14. The number of aromatic nitrogens is 3. The maximum absolute atomic E-state index is 13.1. The van der Waals surface area contributed by atoms with Crippen LogP contribution in [0.25, 0.3) is 16.9 Å². The van der Waals surface area contributed by atoms with Gasteiger partial charge in [0, 0.05) is 11.1 Å². The van der Waals surface area contributed by atoms with E-state index in [0.29, 0.717) is 0 Å². The topological polar surface area (TPSA) is 30.2 Å². The highest BCUT2D eigenvalue weighted by Crippen LogP contribution is 2.29. The van der Waals surface area contributed by atoms with Gasteiger partial charge in [-0.25, -0.2) is 13.9 Å². The molecule has 0 aliphatic carbocycles. The summed E-state index contributed by atoms with van der Waals surface area (Å²) in [5.41, 5.74) is 4.62. The number of hydrogen-bond donors (Lipinski definition) is 0. The summed E-state index contributed by atoms with van der Waals surface area (Å²) in [6, 6.07) is 8.46. The van der Waals surface area contributed by atoms with Crippen LogP contribution in [0.3, 0.4) is 0 Å². The molecule has 0 spiro atoms. The molecular weight excluding hydrogens is 265 g/mol. The van der Waals surface area contributed by atoms with E-state index < -0.39 is 0 Å². The molecule has 0 aliphatic heterocycles. The maximum Gasteiger partial charge on any atom is 0.157 e. The number of nitrogens with zero attached hydrogens (tertiary/aromatic N) is 3. The summed E-state index contributed by atoms with van der Waals surface area (Å²) in [6.45, 7) is 8.42. The van der Waals surface area contributed by atoms with Crippen LogP contribution >= 0.6 is 0 Å². The Kier molecular flexibility index (Phi) is 3.04. The van der Waals surface area contributed by atoms with Crippen molar-refractivity contribution in [2.45, 2.75) is 33.1 Å². The average Bonchev–Trinajstić information content (AvgIpc) is 2.77. The Morgan fingerprint density at radius 2 is 1.76 bits per heavy atom. The van der Waals surface area contributed by atoms with Gasteiger partial charge in [-0.2, -0.15) is 5.10 Å². The second-order valence-corrected chi connectivity index (χ2v) is 6.35. The molecule has 0 aliphatic rings. The van der Waals surface area contributed by atoms with E-state index in [0.717, 1.165) is 28.2 Å². The first-order valence-corrected chi connectivity index (χ1v) is 6.98. The first-order valence-electron chi connectivity index (χ1n) is 6.98. The highest BCUT2D eigenvalue weighted by atomic mass is 19.1. The minimum absolute atomic E-state index is 0.0449. The molecule has 0 bridgehead atoms. The third kappa shape index (κ3) is 2.53. The minimum Gasteiger partial charge on any atom is -0.232 e. The third-order valence-electron chi connectivity index (χ3n) is 3.49. The van der Waals surface area contributed by atoms with Crippen LogP contribution in [-0.2, 0) is 5.41 Å². The zero-order chi connectivity index (χ0) is 15.2. The van der Waals surface area contributed by atoms with Crippen LogP contribution in [-0.4, -0.2) is 14.6 Å². The lowest BCUT2D eigenvalue weighted by atomic mass is 9.87. The van der Waals surface area contributed by atoms with Gasteiger partial charge in [0.2, 0.25) is 0 Å². The predicted molar refractivity (Wildman–Crippen MR) is 81.8 cm³/mol. The number of hydrogen-bond acceptors (Lipinski definition) is 2. The lowest BCUT2D eigenvalue weighted by Gasteiger charge is -2.20. The van der Waals surface area contributed by atoms with Crippen LogP contribution in [0.5, 0.6) is 0 Å². The molecule has 0 unspecified atom stereocenters. The number of imidazole rings is 1. The molecule has 0 radical (unpaired) electrons. The lowest BCUT2D eigenvalue weighted by Crippen LogP contribution is -2.14. The van der Waals surface area contributed by atoms with E-state index in [2.05, 4.69) is 36.9 Å². The molecule has 3 nitrogen and oxygen atoms in total. The minimum atomic E-state index is -0.241. The Morgan fingerprint density at radius 1 is 1.10 bits per heavy atom. The standard InChI is InChI=1S/C17H18FN3/c1-11-10-21-16(19-11)14(17(2,3)4)9-15(20-21)12-5-7-13(18)8-6-12/h5-10H,1-4H3. The van der Waals surface area contributed by atoms with E-state index >= 15 is 0 Å². The van der Waals surface area contributed by atoms with Crippen LogP contribution in [0.2, 0.25) is 0 Å². The van der Waals surface area contributed by atoms with Gasteiger partial charge in [0.1, 0.15) is 5.82 Å². The summed E-state index contributed by atoms with van der Waals surface area (Å²) in [6.07, 6.45) is 1.91. The smallest absolute Gasteiger partial charge is 0.157 e. The molecule has 2 aromatic heterocycles. The first kappa shape index (κ1) is 13.7. The van der Waals surface area contributed by atoms with E-state index in [1.807, 2.05) is 17.6 Å². The molecule has 3 rings (SSSR count). The largest absolute Gasteiger partial charge is 0.232 e. The normalized spacial score (nSPS) is 12.0. The summed E-state index contributed by atoms with van der Waals surface area (Å²) >= 11 is 0. The Labute approximate surface area is 123 Å². The number of halogens is 1. The zero-order valence-corrected chi connectivity index (χ0v) is 12.7. The molecule has 4 heteroatoms. The number of aryl methyl sites for hydroxylation is 1. The molecule has 0 atom stereocenters. The van der Waals surface area contributed by atoms with Gasteiger partial charge < -0.3 is 0 Å². The lowest BCUT2D eigenvalue weighted by molar-refractivity contribution is 0.589. The van der Waals surface area contributed by atoms with E-state index in [-0.39, 0.29) is 11.2 Å². The van der Waals surface area contributed by atoms with Crippen molar-refractivity contribution in [3.05, 3.63) is 53.6 Å². The van der Waals surface area contributed by atoms with Crippen molar-refractivity contribution < 1.29 is 4.39 Å². The van der Waals surface area contributed by atoms with Crippen molar-refractivity contribution in [2.24, 2.45) is 0 Å². The molecule has 108 valence electrons. The van der Waals surface area contributed by atoms with Crippen molar-refractivity contribution in [1.29, 1.82) is 0 Å². The fourth-order valence-electron chi connectivity index (χ4n) is 2.40. The van der Waals surface area contributed by atoms with E-state index in [1.165, 1.54) is 12.1 Å². The summed E-state index contributed by atoms with van der Waals surface area (Å²) in [4.78, 5) is 4.57. The fourth-order valence-corrected chi connectivity index (χ4v) is 2.40. The molecule has 0 fully saturated rings. The van der Waals surface area contributed by atoms with Gasteiger partial charge in [0.25, 0.3) is 0 Å². The average molecular weight is 283 g/mol. The monoisotopic (exact) mass is 283 g/mol. The first-order chi connectivity index (χ1) is 9.84. The molecule has 0 saturated heterocycles. The summed E-state index contributed by atoms with van der Waals surface area (Å²) in [5.74, 6) is -0.241. The zero-order valence-electron chi connectivity index (χ0n) is 12.7. The highest BCUT2D eigenvalue weighted by molar-refractivity contribution is 5.64. The van der Waals surface area contributed by atoms with Crippen molar-refractivity contribution in [3.63, 3.8) is 0 Å². The van der Waals surface area contributed by atoms with E-state index in [4.69, 9.17) is 0 Å². The van der Waals surface area contributed by atoms with Gasteiger partial charge in [0.15, 0.2) is 5.65 Å². The number of rotatable bonds is 1. The Morgan fingerprint density at radius 3 is 2.38 bits per heavy atom. The number of benzene rings is 1. The van der Waals surface area contributed by atoms with Crippen LogP contribution in [0.4, 0.5) is 4.39 Å². The highest BCUT2D eigenvalue weighted by Gasteiger charge is 2.21. The van der Waals surface area contributed by atoms with Gasteiger partial charge in [0.05, 0.1) is 17.6 Å². The van der Waals surface area contributed by atoms with E-state index in [1.54, 1.807) is 12.1 Å². The summed E-state index contributed by atoms with van der Waals surface area (Å²) in [5, 5.41) is 4.60. The van der Waals surface area contributed by atoms with Gasteiger partial charge in [-0.15, -0.1) is 0 Å². The van der Waals surface area contributed by atoms with Crippen molar-refractivity contribution in [3.8, 4) is 11.3 Å². The number of fused-ring (bicyclic) bond motifs is 1. The molecule has 0 saturated carbocycles. The molecule has 21 heavy (non-hydrogen) atoms. The Balaban J connectivity index is 2.27. The van der Waals surface area contributed by atoms with Crippen LogP contribution in [0.1, 0.15) is 32.0 Å². The second-order valence-electron chi connectivity index (χ2n) is 6.35. The van der Waals surface area contributed by atoms with E-state index in [9.17, 15) is 4.39 Å². The fraction of sp³-hybridized carbons (Fsp3) is 0.294. The Hall–Kier alpha value is -2.23. The molecule has 0 N–H and O–H groups in total. The molecular formula is C17H18FN3. The van der Waals surface area contributed by atoms with Crippen LogP contribution in [0.15, 0.2) is 36.5 Å². The van der Waals surface area contributed by atoms with Crippen LogP contribution < -0.4 is 0 Å². The molecule has 0 amide bonds. The summed E-state index contributed by atoms with van der Waals surface area (Å²) < 4.78 is 14.9. The van der Waals surface area contributed by atoms with Crippen molar-refractivity contribution in [1.82, 2.24) is 14.6 Å². The van der Waals surface area contributed by atoms with Gasteiger partial charge in [-0.3, -0.25) is 0 Å². The molecule has 2 heterocycles. The van der Waals surface area contributed by atoms with Gasteiger partial charge >= 0.3 is 0 Å².